The molecule has 0 aliphatic rings. The summed E-state index contributed by atoms with van der Waals surface area (Å²) < 4.78 is 1.42. The van der Waals surface area contributed by atoms with E-state index < -0.39 is 0 Å². The smallest absolute Gasteiger partial charge is 0.255 e. The molecule has 5 nitrogen and oxygen atoms in total. The van der Waals surface area contributed by atoms with Gasteiger partial charge in [0.2, 0.25) is 5.56 Å². The van der Waals surface area contributed by atoms with Crippen LogP contribution in [0.3, 0.4) is 0 Å². The van der Waals surface area contributed by atoms with Crippen LogP contribution in [0.25, 0.3) is 0 Å². The summed E-state index contributed by atoms with van der Waals surface area (Å²) in [5.74, 6) is -0.111. The van der Waals surface area contributed by atoms with Gasteiger partial charge in [0, 0.05) is 44.8 Å². The Labute approximate surface area is 143 Å². The topological polar surface area (TPSA) is 55.2 Å². The van der Waals surface area contributed by atoms with E-state index in [1.165, 1.54) is 10.6 Å². The number of nitrogens with zero attached hydrogens (tertiary/aromatic N) is 3. The van der Waals surface area contributed by atoms with Crippen molar-refractivity contribution in [3.05, 3.63) is 86.7 Å². The van der Waals surface area contributed by atoms with Crippen molar-refractivity contribution in [1.82, 2.24) is 14.5 Å². The number of hydrogen-bond donors (Lipinski definition) is 0. The highest BCUT2D eigenvalue weighted by molar-refractivity contribution is 7.07. The third kappa shape index (κ3) is 3.78. The van der Waals surface area contributed by atoms with Crippen LogP contribution in [-0.2, 0) is 20.1 Å². The van der Waals surface area contributed by atoms with Gasteiger partial charge in [0.15, 0.2) is 0 Å². The standard InChI is InChI=1S/C18H17N3O2S/c1-20-12-16(4-5-17(20)22)18(23)21(11-15-6-8-24-13-15)10-14-3-2-7-19-9-14/h2-9,12-13H,10-11H2,1H3. The van der Waals surface area contributed by atoms with Crippen molar-refractivity contribution < 1.29 is 4.79 Å². The lowest BCUT2D eigenvalue weighted by atomic mass is 10.2. The summed E-state index contributed by atoms with van der Waals surface area (Å²) >= 11 is 1.60. The number of aryl methyl sites for hydroxylation is 1. The summed E-state index contributed by atoms with van der Waals surface area (Å²) in [6.07, 6.45) is 5.05. The summed E-state index contributed by atoms with van der Waals surface area (Å²) in [5, 5.41) is 4.03. The molecule has 1 amide bonds. The lowest BCUT2D eigenvalue weighted by Crippen LogP contribution is -2.31. The SMILES string of the molecule is Cn1cc(C(=O)N(Cc2cccnc2)Cc2ccsc2)ccc1=O. The van der Waals surface area contributed by atoms with Crippen LogP contribution in [0.2, 0.25) is 0 Å². The van der Waals surface area contributed by atoms with E-state index in [9.17, 15) is 9.59 Å². The number of carbonyl (C=O) groups excluding carboxylic acids is 1. The van der Waals surface area contributed by atoms with Gasteiger partial charge in [0.05, 0.1) is 5.56 Å². The molecule has 0 N–H and O–H groups in total. The zero-order chi connectivity index (χ0) is 16.9. The van der Waals surface area contributed by atoms with Gasteiger partial charge in [-0.25, -0.2) is 0 Å². The predicted molar refractivity (Wildman–Crippen MR) is 93.8 cm³/mol. The minimum Gasteiger partial charge on any atom is -0.330 e. The molecule has 0 saturated heterocycles. The highest BCUT2D eigenvalue weighted by Crippen LogP contribution is 2.15. The van der Waals surface area contributed by atoms with Gasteiger partial charge in [0.25, 0.3) is 5.91 Å². The molecule has 0 atom stereocenters. The fourth-order valence-corrected chi connectivity index (χ4v) is 3.08. The van der Waals surface area contributed by atoms with E-state index in [2.05, 4.69) is 4.98 Å². The molecule has 3 heterocycles. The highest BCUT2D eigenvalue weighted by atomic mass is 32.1. The molecule has 0 aromatic carbocycles. The van der Waals surface area contributed by atoms with E-state index in [1.807, 2.05) is 29.0 Å². The zero-order valence-electron chi connectivity index (χ0n) is 13.3. The van der Waals surface area contributed by atoms with Gasteiger partial charge in [-0.05, 0) is 40.1 Å². The fourth-order valence-electron chi connectivity index (χ4n) is 2.42. The summed E-state index contributed by atoms with van der Waals surface area (Å²) in [6.45, 7) is 0.978. The van der Waals surface area contributed by atoms with Gasteiger partial charge in [-0.2, -0.15) is 11.3 Å². The third-order valence-electron chi connectivity index (χ3n) is 3.67. The van der Waals surface area contributed by atoms with Crippen molar-refractivity contribution in [1.29, 1.82) is 0 Å². The number of carbonyl (C=O) groups is 1. The molecule has 3 rings (SSSR count). The zero-order valence-corrected chi connectivity index (χ0v) is 14.1. The van der Waals surface area contributed by atoms with Crippen LogP contribution >= 0.6 is 11.3 Å². The molecule has 0 bridgehead atoms. The second-order valence-corrected chi connectivity index (χ2v) is 6.30. The maximum absolute atomic E-state index is 12.9. The molecule has 0 saturated carbocycles. The fraction of sp³-hybridized carbons (Fsp3) is 0.167. The van der Waals surface area contributed by atoms with Crippen molar-refractivity contribution in [2.45, 2.75) is 13.1 Å². The Morgan fingerprint density at radius 2 is 2.04 bits per heavy atom. The Balaban J connectivity index is 1.88. The lowest BCUT2D eigenvalue weighted by molar-refractivity contribution is 0.0729. The van der Waals surface area contributed by atoms with Crippen molar-refractivity contribution in [2.24, 2.45) is 7.05 Å². The summed E-state index contributed by atoms with van der Waals surface area (Å²) in [7, 11) is 1.64. The van der Waals surface area contributed by atoms with Gasteiger partial charge < -0.3 is 9.47 Å². The van der Waals surface area contributed by atoms with E-state index in [1.54, 1.807) is 47.9 Å². The number of thiophene rings is 1. The summed E-state index contributed by atoms with van der Waals surface area (Å²) in [6, 6.07) is 8.81. The normalized spacial score (nSPS) is 10.5. The van der Waals surface area contributed by atoms with Crippen LogP contribution in [-0.4, -0.2) is 20.4 Å². The van der Waals surface area contributed by atoms with Crippen LogP contribution in [0.4, 0.5) is 0 Å². The van der Waals surface area contributed by atoms with E-state index in [-0.39, 0.29) is 11.5 Å². The van der Waals surface area contributed by atoms with Crippen LogP contribution in [0, 0.1) is 0 Å². The first-order chi connectivity index (χ1) is 11.6. The van der Waals surface area contributed by atoms with E-state index in [0.29, 0.717) is 18.7 Å². The average molecular weight is 339 g/mol. The molecule has 0 aliphatic heterocycles. The monoisotopic (exact) mass is 339 g/mol. The van der Waals surface area contributed by atoms with Crippen molar-refractivity contribution >= 4 is 17.2 Å². The maximum atomic E-state index is 12.9. The molecule has 3 aromatic rings. The molecule has 0 unspecified atom stereocenters. The van der Waals surface area contributed by atoms with Gasteiger partial charge >= 0.3 is 0 Å². The van der Waals surface area contributed by atoms with Crippen molar-refractivity contribution in [3.8, 4) is 0 Å². The second-order valence-electron chi connectivity index (χ2n) is 5.52. The Hall–Kier alpha value is -2.73. The molecule has 6 heteroatoms. The molecule has 0 aliphatic carbocycles. The van der Waals surface area contributed by atoms with Crippen LogP contribution in [0.5, 0.6) is 0 Å². The first kappa shape index (κ1) is 16.1. The van der Waals surface area contributed by atoms with E-state index in [0.717, 1.165) is 11.1 Å². The van der Waals surface area contributed by atoms with Gasteiger partial charge in [-0.1, -0.05) is 6.07 Å². The molecule has 122 valence electrons. The summed E-state index contributed by atoms with van der Waals surface area (Å²) in [4.78, 5) is 30.3. The number of rotatable bonds is 5. The molecule has 0 fully saturated rings. The number of pyridine rings is 2. The lowest BCUT2D eigenvalue weighted by Gasteiger charge is -2.22. The Kier molecular flexibility index (Phi) is 4.86. The Morgan fingerprint density at radius 1 is 1.21 bits per heavy atom. The van der Waals surface area contributed by atoms with Crippen molar-refractivity contribution in [2.75, 3.05) is 0 Å². The van der Waals surface area contributed by atoms with E-state index in [4.69, 9.17) is 0 Å². The second kappa shape index (κ2) is 7.23. The maximum Gasteiger partial charge on any atom is 0.255 e. The first-order valence-electron chi connectivity index (χ1n) is 7.49. The molecule has 0 spiro atoms. The van der Waals surface area contributed by atoms with Crippen molar-refractivity contribution in [3.63, 3.8) is 0 Å². The molecular weight excluding hydrogens is 322 g/mol. The molecule has 3 aromatic heterocycles. The predicted octanol–water partition coefficient (Wildman–Crippen LogP) is 2.68. The van der Waals surface area contributed by atoms with Gasteiger partial charge in [-0.15, -0.1) is 0 Å². The number of hydrogen-bond acceptors (Lipinski definition) is 4. The largest absolute Gasteiger partial charge is 0.330 e. The quantitative estimate of drug-likeness (QED) is 0.718. The number of amides is 1. The summed E-state index contributed by atoms with van der Waals surface area (Å²) in [5.41, 5.74) is 2.41. The average Bonchev–Trinajstić information content (AvgIpc) is 3.10. The molecule has 0 radical (unpaired) electrons. The third-order valence-corrected chi connectivity index (χ3v) is 4.40. The van der Waals surface area contributed by atoms with Gasteiger partial charge in [-0.3, -0.25) is 14.6 Å². The van der Waals surface area contributed by atoms with Crippen LogP contribution < -0.4 is 5.56 Å². The van der Waals surface area contributed by atoms with E-state index >= 15 is 0 Å². The minimum atomic E-state index is -0.136. The Morgan fingerprint density at radius 3 is 2.71 bits per heavy atom. The van der Waals surface area contributed by atoms with Crippen LogP contribution in [0.15, 0.2) is 64.5 Å². The molecular formula is C18H17N3O2S. The van der Waals surface area contributed by atoms with Gasteiger partial charge in [0.1, 0.15) is 0 Å². The Bertz CT molecular complexity index is 873. The number of aromatic nitrogens is 2. The minimum absolute atomic E-state index is 0.111. The van der Waals surface area contributed by atoms with Crippen LogP contribution in [0.1, 0.15) is 21.5 Å². The first-order valence-corrected chi connectivity index (χ1v) is 8.44. The highest BCUT2D eigenvalue weighted by Gasteiger charge is 2.17. The molecule has 24 heavy (non-hydrogen) atoms.